The van der Waals surface area contributed by atoms with Crippen LogP contribution in [0.5, 0.6) is 0 Å². The van der Waals surface area contributed by atoms with E-state index in [1.807, 2.05) is 42.5 Å². The highest BCUT2D eigenvalue weighted by atomic mass is 16.3. The number of hydrogen-bond acceptors (Lipinski definition) is 3. The smallest absolute Gasteiger partial charge is 0.250 e. The number of primary amides is 1. The number of nitrogen functional groups attached to an aromatic ring is 1. The van der Waals surface area contributed by atoms with Crippen molar-refractivity contribution in [2.45, 2.75) is 18.9 Å². The second kappa shape index (κ2) is 6.89. The Hall–Kier alpha value is -3.11. The maximum Gasteiger partial charge on any atom is 0.250 e. The molecular weight excluding hydrogens is 336 g/mol. The van der Waals surface area contributed by atoms with Crippen LogP contribution in [0.15, 0.2) is 66.7 Å². The second-order valence-corrected chi connectivity index (χ2v) is 7.10. The average molecular weight is 358 g/mol. The molecule has 1 aliphatic rings. The molecule has 0 bridgehead atoms. The molecule has 0 aromatic heterocycles. The molecule has 136 valence electrons. The van der Waals surface area contributed by atoms with E-state index in [-0.39, 0.29) is 11.5 Å². The minimum atomic E-state index is -0.683. The summed E-state index contributed by atoms with van der Waals surface area (Å²) in [5, 5.41) is 11.2. The zero-order valence-electron chi connectivity index (χ0n) is 14.9. The zero-order chi connectivity index (χ0) is 19.0. The molecule has 4 heteroatoms. The fraction of sp³-hybridized carbons (Fsp3) is 0.174. The van der Waals surface area contributed by atoms with Crippen LogP contribution in [0, 0.1) is 5.92 Å². The molecule has 1 atom stereocenters. The van der Waals surface area contributed by atoms with Gasteiger partial charge in [-0.25, -0.2) is 0 Å². The first-order chi connectivity index (χ1) is 13.1. The van der Waals surface area contributed by atoms with Crippen molar-refractivity contribution in [3.63, 3.8) is 0 Å². The van der Waals surface area contributed by atoms with Gasteiger partial charge in [0.15, 0.2) is 0 Å². The Kier molecular flexibility index (Phi) is 4.42. The van der Waals surface area contributed by atoms with Crippen LogP contribution in [-0.2, 0) is 12.8 Å². The van der Waals surface area contributed by atoms with Crippen LogP contribution < -0.4 is 11.5 Å². The molecule has 4 nitrogen and oxygen atoms in total. The quantitative estimate of drug-likeness (QED) is 0.624. The monoisotopic (exact) mass is 358 g/mol. The molecule has 4 rings (SSSR count). The topological polar surface area (TPSA) is 89.3 Å². The predicted molar refractivity (Wildman–Crippen MR) is 107 cm³/mol. The number of amides is 1. The summed E-state index contributed by atoms with van der Waals surface area (Å²) < 4.78 is 0. The first-order valence-corrected chi connectivity index (χ1v) is 9.08. The van der Waals surface area contributed by atoms with Crippen molar-refractivity contribution in [1.29, 1.82) is 0 Å². The second-order valence-electron chi connectivity index (χ2n) is 7.10. The fourth-order valence-electron chi connectivity index (χ4n) is 4.09. The van der Waals surface area contributed by atoms with Crippen LogP contribution in [0.4, 0.5) is 5.69 Å². The Morgan fingerprint density at radius 1 is 0.926 bits per heavy atom. The molecule has 5 N–H and O–H groups in total. The lowest BCUT2D eigenvalue weighted by Crippen LogP contribution is -2.18. The summed E-state index contributed by atoms with van der Waals surface area (Å²) in [5.74, 6) is -0.498. The van der Waals surface area contributed by atoms with Gasteiger partial charge in [0, 0.05) is 5.56 Å². The molecule has 1 amide bonds. The third-order valence-corrected chi connectivity index (χ3v) is 5.45. The molecular formula is C23H22N2O2. The van der Waals surface area contributed by atoms with Gasteiger partial charge >= 0.3 is 0 Å². The Morgan fingerprint density at radius 2 is 1.52 bits per heavy atom. The first kappa shape index (κ1) is 17.3. The van der Waals surface area contributed by atoms with Crippen molar-refractivity contribution in [2.75, 3.05) is 5.73 Å². The van der Waals surface area contributed by atoms with Gasteiger partial charge in [0.25, 0.3) is 5.91 Å². The van der Waals surface area contributed by atoms with Gasteiger partial charge in [-0.05, 0) is 47.1 Å². The number of aliphatic hydroxyl groups is 1. The summed E-state index contributed by atoms with van der Waals surface area (Å²) >= 11 is 0. The van der Waals surface area contributed by atoms with Crippen LogP contribution in [0.1, 0.15) is 33.2 Å². The molecule has 3 aromatic rings. The standard InChI is InChI=1S/C23H22N2O2/c24-21-19(23(25)27)11-10-18(20(21)14-6-2-1-3-7-14)22(26)17-12-15-8-4-5-9-16(15)13-17/h1-11,17,22,26H,12-13,24H2,(H2,25,27). The Bertz CT molecular complexity index is 974. The van der Waals surface area contributed by atoms with E-state index in [1.165, 1.54) is 11.1 Å². The SMILES string of the molecule is NC(=O)c1ccc(C(O)C2Cc3ccccc3C2)c(-c2ccccc2)c1N. The normalized spacial score (nSPS) is 14.7. The molecule has 0 aliphatic heterocycles. The summed E-state index contributed by atoms with van der Waals surface area (Å²) in [6.07, 6.45) is 0.961. The summed E-state index contributed by atoms with van der Waals surface area (Å²) in [5.41, 5.74) is 17.3. The van der Waals surface area contributed by atoms with Crippen molar-refractivity contribution in [3.05, 3.63) is 89.0 Å². The van der Waals surface area contributed by atoms with E-state index in [0.29, 0.717) is 11.3 Å². The number of aliphatic hydroxyl groups excluding tert-OH is 1. The lowest BCUT2D eigenvalue weighted by molar-refractivity contribution is 0.1000. The van der Waals surface area contributed by atoms with E-state index in [1.54, 1.807) is 12.1 Å². The van der Waals surface area contributed by atoms with Crippen molar-refractivity contribution in [1.82, 2.24) is 0 Å². The minimum Gasteiger partial charge on any atom is -0.398 e. The molecule has 3 aromatic carbocycles. The van der Waals surface area contributed by atoms with Crippen molar-refractivity contribution in [2.24, 2.45) is 11.7 Å². The van der Waals surface area contributed by atoms with E-state index in [4.69, 9.17) is 11.5 Å². The number of nitrogens with two attached hydrogens (primary N) is 2. The largest absolute Gasteiger partial charge is 0.398 e. The maximum atomic E-state index is 11.8. The summed E-state index contributed by atoms with van der Waals surface area (Å²) in [6, 6.07) is 21.3. The van der Waals surface area contributed by atoms with Gasteiger partial charge in [-0.15, -0.1) is 0 Å². The molecule has 0 spiro atoms. The van der Waals surface area contributed by atoms with E-state index < -0.39 is 12.0 Å². The van der Waals surface area contributed by atoms with Crippen LogP contribution in [-0.4, -0.2) is 11.0 Å². The Morgan fingerprint density at radius 3 is 2.11 bits per heavy atom. The van der Waals surface area contributed by atoms with E-state index in [9.17, 15) is 9.90 Å². The number of carbonyl (C=O) groups is 1. The molecule has 0 saturated carbocycles. The average Bonchev–Trinajstić information content (AvgIpc) is 3.11. The number of carbonyl (C=O) groups excluding carboxylic acids is 1. The molecule has 1 aliphatic carbocycles. The number of rotatable bonds is 4. The highest BCUT2D eigenvalue weighted by Crippen LogP contribution is 2.41. The Labute approximate surface area is 158 Å². The zero-order valence-corrected chi connectivity index (χ0v) is 14.9. The fourth-order valence-corrected chi connectivity index (χ4v) is 4.09. The lowest BCUT2D eigenvalue weighted by atomic mass is 9.86. The number of hydrogen-bond donors (Lipinski definition) is 3. The molecule has 27 heavy (non-hydrogen) atoms. The molecule has 0 heterocycles. The molecule has 0 saturated heterocycles. The van der Waals surface area contributed by atoms with Gasteiger partial charge in [0.1, 0.15) is 0 Å². The minimum absolute atomic E-state index is 0.0729. The van der Waals surface area contributed by atoms with Crippen LogP contribution >= 0.6 is 0 Å². The lowest BCUT2D eigenvalue weighted by Gasteiger charge is -2.23. The molecule has 0 fully saturated rings. The highest BCUT2D eigenvalue weighted by Gasteiger charge is 2.31. The third kappa shape index (κ3) is 3.09. The summed E-state index contributed by atoms with van der Waals surface area (Å²) in [7, 11) is 0. The van der Waals surface area contributed by atoms with Crippen LogP contribution in [0.25, 0.3) is 11.1 Å². The Balaban J connectivity index is 1.79. The van der Waals surface area contributed by atoms with Gasteiger partial charge in [0.2, 0.25) is 0 Å². The maximum absolute atomic E-state index is 11.8. The predicted octanol–water partition coefficient (Wildman–Crippen LogP) is 3.48. The van der Waals surface area contributed by atoms with E-state index >= 15 is 0 Å². The summed E-state index contributed by atoms with van der Waals surface area (Å²) in [4.78, 5) is 11.8. The third-order valence-electron chi connectivity index (χ3n) is 5.45. The van der Waals surface area contributed by atoms with Gasteiger partial charge in [-0.2, -0.15) is 0 Å². The van der Waals surface area contributed by atoms with Crippen LogP contribution in [0.3, 0.4) is 0 Å². The van der Waals surface area contributed by atoms with E-state index in [2.05, 4.69) is 12.1 Å². The van der Waals surface area contributed by atoms with Gasteiger partial charge in [0.05, 0.1) is 17.4 Å². The number of benzene rings is 3. The number of anilines is 1. The number of fused-ring (bicyclic) bond motifs is 1. The van der Waals surface area contributed by atoms with Crippen LogP contribution in [0.2, 0.25) is 0 Å². The van der Waals surface area contributed by atoms with Gasteiger partial charge in [-0.3, -0.25) is 4.79 Å². The van der Waals surface area contributed by atoms with Gasteiger partial charge in [-0.1, -0.05) is 60.7 Å². The van der Waals surface area contributed by atoms with E-state index in [0.717, 1.165) is 24.0 Å². The molecule has 1 unspecified atom stereocenters. The summed E-state index contributed by atoms with van der Waals surface area (Å²) in [6.45, 7) is 0. The molecule has 0 radical (unpaired) electrons. The van der Waals surface area contributed by atoms with Crippen molar-refractivity contribution >= 4 is 11.6 Å². The highest BCUT2D eigenvalue weighted by molar-refractivity contribution is 6.02. The first-order valence-electron chi connectivity index (χ1n) is 9.08. The van der Waals surface area contributed by atoms with Gasteiger partial charge < -0.3 is 16.6 Å². The van der Waals surface area contributed by atoms with Crippen molar-refractivity contribution in [3.8, 4) is 11.1 Å². The van der Waals surface area contributed by atoms with Crippen molar-refractivity contribution < 1.29 is 9.90 Å².